The number of oxazole rings is 1. The van der Waals surface area contributed by atoms with Crippen LogP contribution in [-0.2, 0) is 6.54 Å². The second-order valence-corrected chi connectivity index (χ2v) is 6.75. The third-order valence-electron chi connectivity index (χ3n) is 4.61. The molecule has 0 aliphatic carbocycles. The van der Waals surface area contributed by atoms with E-state index in [2.05, 4.69) is 10.3 Å². The number of halogens is 1. The maximum Gasteiger partial charge on any atom is 0.252 e. The lowest BCUT2D eigenvalue weighted by atomic mass is 10.1. The first-order chi connectivity index (χ1) is 14.1. The molecule has 4 nitrogen and oxygen atoms in total. The van der Waals surface area contributed by atoms with Gasteiger partial charge in [-0.25, -0.2) is 9.37 Å². The van der Waals surface area contributed by atoms with Crippen molar-refractivity contribution < 1.29 is 13.6 Å². The molecule has 3 aromatic carbocycles. The first-order valence-electron chi connectivity index (χ1n) is 9.25. The highest BCUT2D eigenvalue weighted by Gasteiger charge is 2.17. The third kappa shape index (κ3) is 4.24. The number of rotatable bonds is 5. The molecular weight excluding hydrogens is 367 g/mol. The molecule has 1 aromatic heterocycles. The number of hydrogen-bond donors (Lipinski definition) is 1. The summed E-state index contributed by atoms with van der Waals surface area (Å²) >= 11 is 0. The maximum absolute atomic E-state index is 13.1. The van der Waals surface area contributed by atoms with Crippen molar-refractivity contribution in [2.45, 2.75) is 13.5 Å². The van der Waals surface area contributed by atoms with E-state index in [9.17, 15) is 9.18 Å². The molecule has 0 spiro atoms. The van der Waals surface area contributed by atoms with Gasteiger partial charge in [0.15, 0.2) is 5.76 Å². The van der Waals surface area contributed by atoms with E-state index >= 15 is 0 Å². The van der Waals surface area contributed by atoms with Gasteiger partial charge in [-0.05, 0) is 48.9 Å². The molecule has 0 unspecified atom stereocenters. The first kappa shape index (κ1) is 18.6. The van der Waals surface area contributed by atoms with Crippen LogP contribution in [0.2, 0.25) is 0 Å². The second kappa shape index (κ2) is 8.10. The van der Waals surface area contributed by atoms with Crippen LogP contribution in [-0.4, -0.2) is 10.9 Å². The number of nitrogens with zero attached hydrogens (tertiary/aromatic N) is 1. The molecular formula is C24H19FN2O2. The van der Waals surface area contributed by atoms with Gasteiger partial charge in [0.1, 0.15) is 5.82 Å². The van der Waals surface area contributed by atoms with Crippen LogP contribution in [0.1, 0.15) is 21.5 Å². The Morgan fingerprint density at radius 1 is 1.00 bits per heavy atom. The van der Waals surface area contributed by atoms with Crippen molar-refractivity contribution in [3.63, 3.8) is 0 Å². The molecule has 0 aliphatic rings. The smallest absolute Gasteiger partial charge is 0.252 e. The van der Waals surface area contributed by atoms with Gasteiger partial charge in [-0.15, -0.1) is 0 Å². The number of nitrogens with one attached hydrogen (secondary N) is 1. The van der Waals surface area contributed by atoms with Gasteiger partial charge in [0.25, 0.3) is 5.91 Å². The Morgan fingerprint density at radius 2 is 1.72 bits per heavy atom. The van der Waals surface area contributed by atoms with Gasteiger partial charge in [0.05, 0.1) is 11.8 Å². The van der Waals surface area contributed by atoms with Crippen LogP contribution in [0.3, 0.4) is 0 Å². The molecule has 4 aromatic rings. The van der Waals surface area contributed by atoms with Gasteiger partial charge in [-0.3, -0.25) is 4.79 Å². The summed E-state index contributed by atoms with van der Waals surface area (Å²) < 4.78 is 19.0. The average molecular weight is 386 g/mol. The number of benzene rings is 3. The Bertz CT molecular complexity index is 1130. The topological polar surface area (TPSA) is 55.1 Å². The molecule has 1 amide bonds. The van der Waals surface area contributed by atoms with Crippen molar-refractivity contribution in [3.8, 4) is 22.8 Å². The van der Waals surface area contributed by atoms with E-state index in [-0.39, 0.29) is 11.7 Å². The Hall–Kier alpha value is -3.73. The van der Waals surface area contributed by atoms with E-state index in [4.69, 9.17) is 4.42 Å². The number of hydrogen-bond acceptors (Lipinski definition) is 3. The highest BCUT2D eigenvalue weighted by Crippen LogP contribution is 2.28. The number of aromatic nitrogens is 1. The zero-order valence-electron chi connectivity index (χ0n) is 15.9. The van der Waals surface area contributed by atoms with E-state index in [0.717, 1.165) is 5.56 Å². The minimum absolute atomic E-state index is 0.206. The molecule has 0 aliphatic heterocycles. The van der Waals surface area contributed by atoms with Gasteiger partial charge >= 0.3 is 0 Å². The van der Waals surface area contributed by atoms with Crippen LogP contribution < -0.4 is 5.32 Å². The van der Waals surface area contributed by atoms with E-state index < -0.39 is 0 Å². The fraction of sp³-hybridized carbons (Fsp3) is 0.0833. The summed E-state index contributed by atoms with van der Waals surface area (Å²) in [6.45, 7) is 2.45. The second-order valence-electron chi connectivity index (χ2n) is 6.75. The highest BCUT2D eigenvalue weighted by atomic mass is 19.1. The first-order valence-corrected chi connectivity index (χ1v) is 9.25. The van der Waals surface area contributed by atoms with Gasteiger partial charge in [0, 0.05) is 17.7 Å². The third-order valence-corrected chi connectivity index (χ3v) is 4.61. The van der Waals surface area contributed by atoms with E-state index in [1.165, 1.54) is 17.7 Å². The lowest BCUT2D eigenvalue weighted by Gasteiger charge is -2.08. The SMILES string of the molecule is Cc1ccc(CNC(=O)c2ccccc2-c2ncc(-c3ccc(F)cc3)o2)cc1. The average Bonchev–Trinajstić information content (AvgIpc) is 3.24. The normalized spacial score (nSPS) is 10.7. The van der Waals surface area contributed by atoms with Crippen molar-refractivity contribution in [1.29, 1.82) is 0 Å². The summed E-state index contributed by atoms with van der Waals surface area (Å²) in [6, 6.07) is 21.1. The van der Waals surface area contributed by atoms with Crippen molar-refractivity contribution in [2.24, 2.45) is 0 Å². The standard InChI is InChI=1S/C24H19FN2O2/c1-16-6-8-17(9-7-16)14-26-23(28)20-4-2-3-5-21(20)24-27-15-22(29-24)18-10-12-19(25)13-11-18/h2-13,15H,14H2,1H3,(H,26,28). The molecule has 5 heteroatoms. The summed E-state index contributed by atoms with van der Waals surface area (Å²) in [5.41, 5.74) is 3.99. The van der Waals surface area contributed by atoms with Crippen LogP contribution in [0.25, 0.3) is 22.8 Å². The molecule has 0 atom stereocenters. The summed E-state index contributed by atoms with van der Waals surface area (Å²) in [6.07, 6.45) is 1.57. The zero-order chi connectivity index (χ0) is 20.2. The van der Waals surface area contributed by atoms with E-state index in [1.807, 2.05) is 37.3 Å². The predicted octanol–water partition coefficient (Wildman–Crippen LogP) is 5.39. The summed E-state index contributed by atoms with van der Waals surface area (Å²) in [5, 5.41) is 2.94. The van der Waals surface area contributed by atoms with E-state index in [1.54, 1.807) is 36.5 Å². The number of aryl methyl sites for hydroxylation is 1. The Morgan fingerprint density at radius 3 is 2.48 bits per heavy atom. The summed E-state index contributed by atoms with van der Waals surface area (Å²) in [5.74, 6) is 0.326. The fourth-order valence-corrected chi connectivity index (χ4v) is 3.00. The predicted molar refractivity (Wildman–Crippen MR) is 110 cm³/mol. The molecule has 1 heterocycles. The number of carbonyl (C=O) groups excluding carboxylic acids is 1. The molecule has 29 heavy (non-hydrogen) atoms. The molecule has 0 bridgehead atoms. The number of carbonyl (C=O) groups is 1. The zero-order valence-corrected chi connectivity index (χ0v) is 15.9. The Labute approximate surface area is 168 Å². The maximum atomic E-state index is 13.1. The molecule has 144 valence electrons. The lowest BCUT2D eigenvalue weighted by molar-refractivity contribution is 0.0951. The van der Waals surface area contributed by atoms with Crippen molar-refractivity contribution in [1.82, 2.24) is 10.3 Å². The van der Waals surface area contributed by atoms with Crippen molar-refractivity contribution in [3.05, 3.63) is 102 Å². The highest BCUT2D eigenvalue weighted by molar-refractivity contribution is 6.00. The lowest BCUT2D eigenvalue weighted by Crippen LogP contribution is -2.23. The van der Waals surface area contributed by atoms with Gasteiger partial charge in [-0.1, -0.05) is 42.0 Å². The molecule has 0 radical (unpaired) electrons. The molecule has 4 rings (SSSR count). The van der Waals surface area contributed by atoms with Gasteiger partial charge in [0.2, 0.25) is 5.89 Å². The monoisotopic (exact) mass is 386 g/mol. The summed E-state index contributed by atoms with van der Waals surface area (Å²) in [7, 11) is 0. The molecule has 0 fully saturated rings. The van der Waals surface area contributed by atoms with Crippen molar-refractivity contribution >= 4 is 5.91 Å². The molecule has 0 saturated heterocycles. The van der Waals surface area contributed by atoms with Gasteiger partial charge in [-0.2, -0.15) is 0 Å². The quantitative estimate of drug-likeness (QED) is 0.501. The number of amides is 1. The van der Waals surface area contributed by atoms with Crippen LogP contribution in [0, 0.1) is 12.7 Å². The minimum Gasteiger partial charge on any atom is -0.436 e. The van der Waals surface area contributed by atoms with Gasteiger partial charge < -0.3 is 9.73 Å². The van der Waals surface area contributed by atoms with Crippen LogP contribution in [0.15, 0.2) is 83.4 Å². The largest absolute Gasteiger partial charge is 0.436 e. The van der Waals surface area contributed by atoms with Crippen molar-refractivity contribution in [2.75, 3.05) is 0 Å². The van der Waals surface area contributed by atoms with E-state index in [0.29, 0.717) is 34.9 Å². The Kier molecular flexibility index (Phi) is 5.20. The van der Waals surface area contributed by atoms with Crippen LogP contribution >= 0.6 is 0 Å². The molecule has 0 saturated carbocycles. The summed E-state index contributed by atoms with van der Waals surface area (Å²) in [4.78, 5) is 17.1. The van der Waals surface area contributed by atoms with Crippen LogP contribution in [0.5, 0.6) is 0 Å². The van der Waals surface area contributed by atoms with Crippen LogP contribution in [0.4, 0.5) is 4.39 Å². The fourth-order valence-electron chi connectivity index (χ4n) is 3.00. The Balaban J connectivity index is 1.56. The minimum atomic E-state index is -0.316. The molecule has 1 N–H and O–H groups in total.